The average molecular weight is 163 g/mol. The molecule has 0 amide bonds. The largest absolute Gasteiger partial charge is 0.503 e. The van der Waals surface area contributed by atoms with Gasteiger partial charge in [0, 0.05) is 0 Å². The molecule has 0 spiro atoms. The second-order valence-electron chi connectivity index (χ2n) is 2.42. The Bertz CT molecular complexity index is 339. The van der Waals surface area contributed by atoms with E-state index < -0.39 is 0 Å². The molecule has 3 heteroatoms. The highest BCUT2D eigenvalue weighted by Crippen LogP contribution is 2.32. The standard InChI is InChI=1S/C9H9NO2/c1-6-3-4-7(5-10)8(11)9(6)12-2/h3-4,11H,1-2H3. The Morgan fingerprint density at radius 3 is 2.67 bits per heavy atom. The summed E-state index contributed by atoms with van der Waals surface area (Å²) in [7, 11) is 1.46. The number of hydrogen-bond acceptors (Lipinski definition) is 3. The van der Waals surface area contributed by atoms with E-state index >= 15 is 0 Å². The van der Waals surface area contributed by atoms with Crippen molar-refractivity contribution in [3.63, 3.8) is 0 Å². The molecule has 0 atom stereocenters. The summed E-state index contributed by atoms with van der Waals surface area (Å²) in [6.45, 7) is 1.81. The first kappa shape index (κ1) is 8.41. The van der Waals surface area contributed by atoms with E-state index in [1.165, 1.54) is 7.11 Å². The molecule has 0 fully saturated rings. The van der Waals surface area contributed by atoms with Crippen molar-refractivity contribution in [3.05, 3.63) is 23.3 Å². The quantitative estimate of drug-likeness (QED) is 0.683. The Kier molecular flexibility index (Phi) is 2.20. The van der Waals surface area contributed by atoms with E-state index in [2.05, 4.69) is 0 Å². The second kappa shape index (κ2) is 3.14. The highest BCUT2D eigenvalue weighted by atomic mass is 16.5. The summed E-state index contributed by atoms with van der Waals surface area (Å²) in [4.78, 5) is 0. The summed E-state index contributed by atoms with van der Waals surface area (Å²) in [5.41, 5.74) is 1.05. The molecule has 0 bridgehead atoms. The lowest BCUT2D eigenvalue weighted by Gasteiger charge is -2.06. The SMILES string of the molecule is COc1c(C)ccc(C#N)c1O. The predicted octanol–water partition coefficient (Wildman–Crippen LogP) is 1.58. The number of methoxy groups -OCH3 is 1. The Morgan fingerprint density at radius 2 is 2.17 bits per heavy atom. The van der Waals surface area contributed by atoms with Crippen molar-refractivity contribution < 1.29 is 9.84 Å². The Balaban J connectivity index is 3.36. The lowest BCUT2D eigenvalue weighted by molar-refractivity contribution is 0.370. The van der Waals surface area contributed by atoms with Gasteiger partial charge in [0.15, 0.2) is 11.5 Å². The molecule has 0 radical (unpaired) electrons. The molecular formula is C9H9NO2. The van der Waals surface area contributed by atoms with Crippen LogP contribution in [0.1, 0.15) is 11.1 Å². The number of nitrogens with zero attached hydrogens (tertiary/aromatic N) is 1. The van der Waals surface area contributed by atoms with Gasteiger partial charge in [-0.2, -0.15) is 5.26 Å². The van der Waals surface area contributed by atoms with Gasteiger partial charge in [0.1, 0.15) is 6.07 Å². The van der Waals surface area contributed by atoms with Crippen LogP contribution in [0.4, 0.5) is 0 Å². The third kappa shape index (κ3) is 1.19. The highest BCUT2D eigenvalue weighted by molar-refractivity contribution is 5.55. The van der Waals surface area contributed by atoms with Crippen molar-refractivity contribution in [2.45, 2.75) is 6.92 Å². The van der Waals surface area contributed by atoms with Gasteiger partial charge in [-0.25, -0.2) is 0 Å². The molecule has 0 saturated heterocycles. The molecule has 0 aliphatic carbocycles. The van der Waals surface area contributed by atoms with Crippen molar-refractivity contribution in [3.8, 4) is 17.6 Å². The molecule has 0 aliphatic rings. The number of phenols is 1. The van der Waals surface area contributed by atoms with Crippen LogP contribution in [0.15, 0.2) is 12.1 Å². The molecule has 0 aromatic heterocycles. The fraction of sp³-hybridized carbons (Fsp3) is 0.222. The van der Waals surface area contributed by atoms with Gasteiger partial charge < -0.3 is 9.84 Å². The molecule has 1 N–H and O–H groups in total. The van der Waals surface area contributed by atoms with Crippen LogP contribution in [0, 0.1) is 18.3 Å². The van der Waals surface area contributed by atoms with Crippen LogP contribution in [0.3, 0.4) is 0 Å². The fourth-order valence-corrected chi connectivity index (χ4v) is 1.02. The van der Waals surface area contributed by atoms with Crippen molar-refractivity contribution >= 4 is 0 Å². The van der Waals surface area contributed by atoms with Gasteiger partial charge in [-0.3, -0.25) is 0 Å². The zero-order valence-electron chi connectivity index (χ0n) is 6.96. The fourth-order valence-electron chi connectivity index (χ4n) is 1.02. The van der Waals surface area contributed by atoms with Gasteiger partial charge in [-0.05, 0) is 18.6 Å². The van der Waals surface area contributed by atoms with Crippen LogP contribution in [-0.2, 0) is 0 Å². The predicted molar refractivity (Wildman–Crippen MR) is 44.1 cm³/mol. The van der Waals surface area contributed by atoms with Crippen molar-refractivity contribution in [1.29, 1.82) is 5.26 Å². The summed E-state index contributed by atoms with van der Waals surface area (Å²) in [5.74, 6) is 0.286. The van der Waals surface area contributed by atoms with Gasteiger partial charge in [-0.15, -0.1) is 0 Å². The minimum Gasteiger partial charge on any atom is -0.503 e. The van der Waals surface area contributed by atoms with E-state index in [-0.39, 0.29) is 11.3 Å². The zero-order chi connectivity index (χ0) is 9.14. The number of nitriles is 1. The van der Waals surface area contributed by atoms with Crippen LogP contribution >= 0.6 is 0 Å². The molecule has 0 aliphatic heterocycles. The molecule has 1 aromatic carbocycles. The van der Waals surface area contributed by atoms with Crippen LogP contribution in [0.25, 0.3) is 0 Å². The first-order chi connectivity index (χ1) is 5.70. The monoisotopic (exact) mass is 163 g/mol. The van der Waals surface area contributed by atoms with Gasteiger partial charge in [-0.1, -0.05) is 6.07 Å². The molecule has 1 aromatic rings. The second-order valence-corrected chi connectivity index (χ2v) is 2.42. The number of rotatable bonds is 1. The van der Waals surface area contributed by atoms with E-state index in [0.29, 0.717) is 5.75 Å². The molecule has 3 nitrogen and oxygen atoms in total. The molecule has 0 unspecified atom stereocenters. The highest BCUT2D eigenvalue weighted by Gasteiger charge is 2.09. The number of benzene rings is 1. The maximum absolute atomic E-state index is 9.42. The molecule has 12 heavy (non-hydrogen) atoms. The topological polar surface area (TPSA) is 53.2 Å². The number of aryl methyl sites for hydroxylation is 1. The van der Waals surface area contributed by atoms with Crippen molar-refractivity contribution in [1.82, 2.24) is 0 Å². The molecular weight excluding hydrogens is 154 g/mol. The first-order valence-electron chi connectivity index (χ1n) is 3.47. The van der Waals surface area contributed by atoms with E-state index in [1.54, 1.807) is 19.1 Å². The third-order valence-electron chi connectivity index (χ3n) is 1.65. The minimum absolute atomic E-state index is 0.0833. The van der Waals surface area contributed by atoms with Crippen molar-refractivity contribution in [2.24, 2.45) is 0 Å². The van der Waals surface area contributed by atoms with Crippen molar-refractivity contribution in [2.75, 3.05) is 7.11 Å². The normalized spacial score (nSPS) is 9.08. The van der Waals surface area contributed by atoms with Crippen LogP contribution in [-0.4, -0.2) is 12.2 Å². The smallest absolute Gasteiger partial charge is 0.176 e. The van der Waals surface area contributed by atoms with Gasteiger partial charge >= 0.3 is 0 Å². The molecule has 0 heterocycles. The zero-order valence-corrected chi connectivity index (χ0v) is 6.96. The lowest BCUT2D eigenvalue weighted by Crippen LogP contribution is -1.89. The van der Waals surface area contributed by atoms with E-state index in [4.69, 9.17) is 10.00 Å². The van der Waals surface area contributed by atoms with Crippen LogP contribution in [0.5, 0.6) is 11.5 Å². The summed E-state index contributed by atoms with van der Waals surface area (Å²) < 4.78 is 4.92. The molecule has 62 valence electrons. The van der Waals surface area contributed by atoms with Gasteiger partial charge in [0.2, 0.25) is 0 Å². The van der Waals surface area contributed by atoms with Gasteiger partial charge in [0.05, 0.1) is 12.7 Å². The van der Waals surface area contributed by atoms with Crippen LogP contribution < -0.4 is 4.74 Å². The van der Waals surface area contributed by atoms with Crippen LogP contribution in [0.2, 0.25) is 0 Å². The van der Waals surface area contributed by atoms with E-state index in [1.807, 2.05) is 6.07 Å². The summed E-state index contributed by atoms with van der Waals surface area (Å²) in [6, 6.07) is 5.16. The maximum Gasteiger partial charge on any atom is 0.176 e. The summed E-state index contributed by atoms with van der Waals surface area (Å²) in [5, 5.41) is 18.0. The lowest BCUT2D eigenvalue weighted by atomic mass is 10.1. The number of aromatic hydroxyl groups is 1. The Hall–Kier alpha value is -1.69. The first-order valence-corrected chi connectivity index (χ1v) is 3.47. The average Bonchev–Trinajstić information content (AvgIpc) is 2.06. The summed E-state index contributed by atoms with van der Waals surface area (Å²) in [6.07, 6.45) is 0. The van der Waals surface area contributed by atoms with E-state index in [9.17, 15) is 5.11 Å². The number of phenolic OH excluding ortho intramolecular Hbond substituents is 1. The molecule has 0 saturated carbocycles. The number of hydrogen-bond donors (Lipinski definition) is 1. The van der Waals surface area contributed by atoms with E-state index in [0.717, 1.165) is 5.56 Å². The third-order valence-corrected chi connectivity index (χ3v) is 1.65. The molecule has 1 rings (SSSR count). The Morgan fingerprint density at radius 1 is 1.50 bits per heavy atom. The summed E-state index contributed by atoms with van der Waals surface area (Å²) >= 11 is 0. The maximum atomic E-state index is 9.42. The van der Waals surface area contributed by atoms with Gasteiger partial charge in [0.25, 0.3) is 0 Å². The Labute approximate surface area is 70.8 Å². The minimum atomic E-state index is -0.0833. The number of ether oxygens (including phenoxy) is 1.